The van der Waals surface area contributed by atoms with E-state index < -0.39 is 6.10 Å². The Balaban J connectivity index is 2.59. The molecule has 7 heteroatoms. The number of aliphatic hydroxyl groups excluding tert-OH is 1. The van der Waals surface area contributed by atoms with Crippen LogP contribution in [0.25, 0.3) is 0 Å². The highest BCUT2D eigenvalue weighted by atomic mass is 35.5. The number of ether oxygens (including phenoxy) is 1. The van der Waals surface area contributed by atoms with Gasteiger partial charge in [-0.25, -0.2) is 4.98 Å². The molecular formula is C10H17ClN4O2. The molecule has 1 unspecified atom stereocenters. The number of aromatic nitrogens is 2. The molecule has 0 aliphatic heterocycles. The fourth-order valence-corrected chi connectivity index (χ4v) is 1.36. The summed E-state index contributed by atoms with van der Waals surface area (Å²) in [6.07, 6.45) is 0.908. The molecule has 1 aromatic heterocycles. The van der Waals surface area contributed by atoms with Gasteiger partial charge in [0.05, 0.1) is 18.9 Å². The van der Waals surface area contributed by atoms with E-state index in [2.05, 4.69) is 20.6 Å². The van der Waals surface area contributed by atoms with Gasteiger partial charge in [-0.3, -0.25) is 0 Å². The highest BCUT2D eigenvalue weighted by Gasteiger charge is 2.07. The molecule has 3 N–H and O–H groups in total. The summed E-state index contributed by atoms with van der Waals surface area (Å²) in [5, 5.41) is 15.8. The number of hydrogen-bond acceptors (Lipinski definition) is 6. The zero-order valence-corrected chi connectivity index (χ0v) is 10.7. The number of anilines is 2. The molecule has 1 heterocycles. The number of rotatable bonds is 7. The fraction of sp³-hybridized carbons (Fsp3) is 0.600. The van der Waals surface area contributed by atoms with Crippen molar-refractivity contribution >= 4 is 23.4 Å². The van der Waals surface area contributed by atoms with Gasteiger partial charge in [0.25, 0.3) is 0 Å². The smallest absolute Gasteiger partial charge is 0.224 e. The Kier molecular flexibility index (Phi) is 5.96. The molecule has 0 saturated carbocycles. The zero-order valence-electron chi connectivity index (χ0n) is 9.90. The van der Waals surface area contributed by atoms with E-state index in [0.29, 0.717) is 23.3 Å². The van der Waals surface area contributed by atoms with Crippen molar-refractivity contribution in [3.63, 3.8) is 0 Å². The first-order chi connectivity index (χ1) is 8.17. The number of nitrogens with one attached hydrogen (secondary N) is 2. The third-order valence-corrected chi connectivity index (χ3v) is 2.22. The lowest BCUT2D eigenvalue weighted by molar-refractivity contribution is 0.0727. The number of hydrogen-bond donors (Lipinski definition) is 3. The largest absolute Gasteiger partial charge is 0.389 e. The van der Waals surface area contributed by atoms with Crippen molar-refractivity contribution in [1.82, 2.24) is 9.97 Å². The highest BCUT2D eigenvalue weighted by molar-refractivity contribution is 6.32. The Labute approximate surface area is 105 Å². The molecule has 0 bridgehead atoms. The minimum absolute atomic E-state index is 0.260. The maximum atomic E-state index is 9.48. The lowest BCUT2D eigenvalue weighted by atomic mass is 10.4. The van der Waals surface area contributed by atoms with Gasteiger partial charge in [-0.05, 0) is 6.92 Å². The summed E-state index contributed by atoms with van der Waals surface area (Å²) in [6, 6.07) is 0. The van der Waals surface area contributed by atoms with Gasteiger partial charge in [0, 0.05) is 20.2 Å². The molecule has 0 aliphatic carbocycles. The van der Waals surface area contributed by atoms with Crippen molar-refractivity contribution in [1.29, 1.82) is 0 Å². The van der Waals surface area contributed by atoms with Crippen LogP contribution in [-0.4, -0.2) is 48.0 Å². The predicted molar refractivity (Wildman–Crippen MR) is 67.6 cm³/mol. The van der Waals surface area contributed by atoms with E-state index in [4.69, 9.17) is 16.3 Å². The lowest BCUT2D eigenvalue weighted by Gasteiger charge is -2.12. The van der Waals surface area contributed by atoms with E-state index >= 15 is 0 Å². The van der Waals surface area contributed by atoms with Gasteiger partial charge < -0.3 is 20.5 Å². The Bertz CT molecular complexity index is 351. The predicted octanol–water partition coefficient (Wildman–Crippen LogP) is 0.981. The van der Waals surface area contributed by atoms with E-state index in [-0.39, 0.29) is 6.61 Å². The average molecular weight is 261 g/mol. The van der Waals surface area contributed by atoms with E-state index in [9.17, 15) is 5.11 Å². The third-order valence-electron chi connectivity index (χ3n) is 1.94. The van der Waals surface area contributed by atoms with Crippen LogP contribution in [0.15, 0.2) is 6.20 Å². The topological polar surface area (TPSA) is 79.3 Å². The average Bonchev–Trinajstić information content (AvgIpc) is 2.30. The molecule has 96 valence electrons. The van der Waals surface area contributed by atoms with E-state index in [1.165, 1.54) is 13.3 Å². The Morgan fingerprint density at radius 3 is 2.94 bits per heavy atom. The maximum absolute atomic E-state index is 9.48. The quantitative estimate of drug-likeness (QED) is 0.678. The van der Waals surface area contributed by atoms with Gasteiger partial charge in [0.2, 0.25) is 5.95 Å². The lowest BCUT2D eigenvalue weighted by Crippen LogP contribution is -2.24. The minimum Gasteiger partial charge on any atom is -0.389 e. The number of aliphatic hydroxyl groups is 1. The van der Waals surface area contributed by atoms with E-state index in [0.717, 1.165) is 6.54 Å². The van der Waals surface area contributed by atoms with Crippen LogP contribution in [0.4, 0.5) is 11.8 Å². The van der Waals surface area contributed by atoms with Crippen LogP contribution < -0.4 is 10.6 Å². The van der Waals surface area contributed by atoms with Gasteiger partial charge in [-0.15, -0.1) is 0 Å². The highest BCUT2D eigenvalue weighted by Crippen LogP contribution is 2.19. The summed E-state index contributed by atoms with van der Waals surface area (Å²) >= 11 is 5.93. The molecule has 6 nitrogen and oxygen atoms in total. The molecule has 0 aromatic carbocycles. The standard InChI is InChI=1S/C10H17ClN4O2/c1-3-12-10-14-5-8(11)9(15-10)13-4-7(16)6-17-2/h5,7,16H,3-4,6H2,1-2H3,(H2,12,13,14,15). The second kappa shape index (κ2) is 7.26. The summed E-state index contributed by atoms with van der Waals surface area (Å²) < 4.78 is 4.82. The Hall–Kier alpha value is -1.11. The molecule has 0 amide bonds. The van der Waals surface area contributed by atoms with Crippen LogP contribution in [0.1, 0.15) is 6.92 Å². The molecule has 0 fully saturated rings. The van der Waals surface area contributed by atoms with Crippen LogP contribution in [0.2, 0.25) is 5.02 Å². The first-order valence-electron chi connectivity index (χ1n) is 5.34. The molecule has 1 atom stereocenters. The van der Waals surface area contributed by atoms with Crippen molar-refractivity contribution in [2.75, 3.05) is 37.4 Å². The molecule has 0 radical (unpaired) electrons. The van der Waals surface area contributed by atoms with Crippen molar-refractivity contribution in [2.24, 2.45) is 0 Å². The second-order valence-corrected chi connectivity index (χ2v) is 3.82. The summed E-state index contributed by atoms with van der Waals surface area (Å²) in [6.45, 7) is 3.26. The summed E-state index contributed by atoms with van der Waals surface area (Å²) in [4.78, 5) is 8.19. The summed E-state index contributed by atoms with van der Waals surface area (Å²) in [5.41, 5.74) is 0. The molecule has 17 heavy (non-hydrogen) atoms. The summed E-state index contributed by atoms with van der Waals surface area (Å²) in [7, 11) is 1.53. The number of nitrogens with zero attached hydrogens (tertiary/aromatic N) is 2. The normalized spacial score (nSPS) is 12.2. The molecule has 0 aliphatic rings. The third kappa shape index (κ3) is 4.72. The molecule has 0 saturated heterocycles. The van der Waals surface area contributed by atoms with Gasteiger partial charge in [0.1, 0.15) is 5.02 Å². The Morgan fingerprint density at radius 1 is 1.53 bits per heavy atom. The molecular weight excluding hydrogens is 244 g/mol. The minimum atomic E-state index is -0.603. The van der Waals surface area contributed by atoms with Crippen LogP contribution in [-0.2, 0) is 4.74 Å². The number of halogens is 1. The summed E-state index contributed by atoms with van der Waals surface area (Å²) in [5.74, 6) is 0.994. The van der Waals surface area contributed by atoms with Crippen LogP contribution >= 0.6 is 11.6 Å². The molecule has 0 spiro atoms. The fourth-order valence-electron chi connectivity index (χ4n) is 1.20. The van der Waals surface area contributed by atoms with Crippen LogP contribution in [0, 0.1) is 0 Å². The van der Waals surface area contributed by atoms with Gasteiger partial charge in [-0.2, -0.15) is 4.98 Å². The van der Waals surface area contributed by atoms with Crippen molar-refractivity contribution < 1.29 is 9.84 Å². The van der Waals surface area contributed by atoms with Crippen LogP contribution in [0.5, 0.6) is 0 Å². The van der Waals surface area contributed by atoms with Crippen molar-refractivity contribution in [2.45, 2.75) is 13.0 Å². The van der Waals surface area contributed by atoms with Crippen LogP contribution in [0.3, 0.4) is 0 Å². The van der Waals surface area contributed by atoms with E-state index in [1.54, 1.807) is 0 Å². The molecule has 1 aromatic rings. The second-order valence-electron chi connectivity index (χ2n) is 3.41. The molecule has 1 rings (SSSR count). The first kappa shape index (κ1) is 14.0. The van der Waals surface area contributed by atoms with Crippen molar-refractivity contribution in [3.05, 3.63) is 11.2 Å². The maximum Gasteiger partial charge on any atom is 0.224 e. The SMILES string of the molecule is CCNc1ncc(Cl)c(NCC(O)COC)n1. The zero-order chi connectivity index (χ0) is 12.7. The van der Waals surface area contributed by atoms with Gasteiger partial charge in [0.15, 0.2) is 5.82 Å². The van der Waals surface area contributed by atoms with Gasteiger partial charge >= 0.3 is 0 Å². The van der Waals surface area contributed by atoms with Gasteiger partial charge in [-0.1, -0.05) is 11.6 Å². The Morgan fingerprint density at radius 2 is 2.29 bits per heavy atom. The first-order valence-corrected chi connectivity index (χ1v) is 5.72. The van der Waals surface area contributed by atoms with E-state index in [1.807, 2.05) is 6.92 Å². The van der Waals surface area contributed by atoms with Crippen molar-refractivity contribution in [3.8, 4) is 0 Å². The monoisotopic (exact) mass is 260 g/mol. The number of methoxy groups -OCH3 is 1.